The molecule has 0 spiro atoms. The van der Waals surface area contributed by atoms with Crippen molar-refractivity contribution < 1.29 is 0 Å². The maximum Gasteiger partial charge on any atom is 0.143 e. The zero-order valence-corrected chi connectivity index (χ0v) is 16.8. The summed E-state index contributed by atoms with van der Waals surface area (Å²) in [4.78, 5) is 4.96. The van der Waals surface area contributed by atoms with Crippen LogP contribution in [0.25, 0.3) is 17.3 Å². The van der Waals surface area contributed by atoms with Gasteiger partial charge < -0.3 is 5.32 Å². The molecule has 4 rings (SSSR count). The number of rotatable bonds is 4. The van der Waals surface area contributed by atoms with Crippen LogP contribution in [-0.4, -0.2) is 9.38 Å². The molecule has 1 N–H and O–H groups in total. The van der Waals surface area contributed by atoms with Gasteiger partial charge in [0.25, 0.3) is 0 Å². The van der Waals surface area contributed by atoms with Crippen molar-refractivity contribution in [3.05, 3.63) is 94.8 Å². The Morgan fingerprint density at radius 2 is 1.54 bits per heavy atom. The molecule has 3 nitrogen and oxygen atoms in total. The molecule has 0 aliphatic heterocycles. The number of aromatic nitrogens is 2. The van der Waals surface area contributed by atoms with Crippen LogP contribution in [-0.2, 0) is 0 Å². The molecule has 2 aromatic carbocycles. The highest BCUT2D eigenvalue weighted by Gasteiger charge is 2.16. The van der Waals surface area contributed by atoms with Crippen molar-refractivity contribution in [3.8, 4) is 0 Å². The quantitative estimate of drug-likeness (QED) is 0.442. The van der Waals surface area contributed by atoms with Gasteiger partial charge in [-0.15, -0.1) is 0 Å². The van der Waals surface area contributed by atoms with Gasteiger partial charge in [-0.25, -0.2) is 4.98 Å². The highest BCUT2D eigenvalue weighted by molar-refractivity contribution is 5.86. The van der Waals surface area contributed by atoms with Crippen molar-refractivity contribution in [1.29, 1.82) is 0 Å². The first-order valence-corrected chi connectivity index (χ1v) is 9.59. The van der Waals surface area contributed by atoms with E-state index in [0.29, 0.717) is 0 Å². The van der Waals surface area contributed by atoms with E-state index in [0.717, 1.165) is 34.1 Å². The number of pyridine rings is 1. The molecule has 0 radical (unpaired) electrons. The Bertz CT molecular complexity index is 1150. The number of hydrogen-bond donors (Lipinski definition) is 1. The number of hydrogen-bond acceptors (Lipinski definition) is 2. The van der Waals surface area contributed by atoms with Crippen LogP contribution in [0.4, 0.5) is 11.5 Å². The molecule has 28 heavy (non-hydrogen) atoms. The lowest BCUT2D eigenvalue weighted by molar-refractivity contribution is 1.09. The molecule has 2 aromatic heterocycles. The minimum atomic E-state index is 0.949. The lowest BCUT2D eigenvalue weighted by Gasteiger charge is -2.15. The average molecular weight is 367 g/mol. The van der Waals surface area contributed by atoms with Gasteiger partial charge in [0.2, 0.25) is 0 Å². The van der Waals surface area contributed by atoms with E-state index >= 15 is 0 Å². The molecule has 4 aromatic rings. The fourth-order valence-electron chi connectivity index (χ4n) is 3.64. The van der Waals surface area contributed by atoms with E-state index in [1.54, 1.807) is 0 Å². The summed E-state index contributed by atoms with van der Waals surface area (Å²) in [5, 5.41) is 3.70. The van der Waals surface area contributed by atoms with Gasteiger partial charge in [-0.05, 0) is 68.2 Å². The van der Waals surface area contributed by atoms with Gasteiger partial charge in [-0.1, -0.05) is 54.6 Å². The molecule has 0 saturated carbocycles. The highest BCUT2D eigenvalue weighted by atomic mass is 15.1. The predicted octanol–water partition coefficient (Wildman–Crippen LogP) is 6.56. The largest absolute Gasteiger partial charge is 0.339 e. The Morgan fingerprint density at radius 3 is 2.25 bits per heavy atom. The van der Waals surface area contributed by atoms with Crippen LogP contribution >= 0.6 is 0 Å². The lowest BCUT2D eigenvalue weighted by atomic mass is 10.1. The van der Waals surface area contributed by atoms with Gasteiger partial charge in [0.05, 0.1) is 0 Å². The molecule has 0 atom stereocenters. The maximum atomic E-state index is 4.96. The first kappa shape index (κ1) is 18.1. The highest BCUT2D eigenvalue weighted by Crippen LogP contribution is 2.32. The zero-order valence-electron chi connectivity index (χ0n) is 16.8. The fourth-order valence-corrected chi connectivity index (χ4v) is 3.64. The predicted molar refractivity (Wildman–Crippen MR) is 119 cm³/mol. The van der Waals surface area contributed by atoms with Crippen molar-refractivity contribution >= 4 is 28.8 Å². The average Bonchev–Trinajstić information content (AvgIpc) is 3.05. The van der Waals surface area contributed by atoms with Crippen molar-refractivity contribution in [2.45, 2.75) is 27.7 Å². The lowest BCUT2D eigenvalue weighted by Crippen LogP contribution is -2.03. The van der Waals surface area contributed by atoms with Crippen molar-refractivity contribution in [2.75, 3.05) is 5.32 Å². The van der Waals surface area contributed by atoms with E-state index in [2.05, 4.69) is 104 Å². The zero-order chi connectivity index (χ0) is 19.7. The second kappa shape index (κ2) is 7.35. The fraction of sp³-hybridized carbons (Fsp3) is 0.160. The molecule has 0 amide bonds. The number of para-hydroxylation sites is 1. The number of anilines is 2. The summed E-state index contributed by atoms with van der Waals surface area (Å²) in [6, 6.07) is 23.0. The van der Waals surface area contributed by atoms with Crippen LogP contribution < -0.4 is 5.32 Å². The van der Waals surface area contributed by atoms with Crippen LogP contribution in [0, 0.1) is 20.8 Å². The Labute approximate surface area is 166 Å². The first-order chi connectivity index (χ1) is 13.5. The Hall–Kier alpha value is -3.33. The summed E-state index contributed by atoms with van der Waals surface area (Å²) in [5.74, 6) is 1.01. The van der Waals surface area contributed by atoms with E-state index in [1.165, 1.54) is 16.7 Å². The second-order valence-corrected chi connectivity index (χ2v) is 7.30. The number of nitrogens with one attached hydrogen (secondary N) is 1. The molecule has 0 unspecified atom stereocenters. The number of nitrogens with zero attached hydrogens (tertiary/aromatic N) is 2. The second-order valence-electron chi connectivity index (χ2n) is 7.30. The number of allylic oxidation sites excluding steroid dienone is 1. The summed E-state index contributed by atoms with van der Waals surface area (Å²) >= 11 is 0. The third-order valence-corrected chi connectivity index (χ3v) is 5.12. The smallest absolute Gasteiger partial charge is 0.143 e. The molecule has 0 fully saturated rings. The topological polar surface area (TPSA) is 29.3 Å². The van der Waals surface area contributed by atoms with Crippen LogP contribution in [0.5, 0.6) is 0 Å². The van der Waals surface area contributed by atoms with Gasteiger partial charge in [0, 0.05) is 11.4 Å². The van der Waals surface area contributed by atoms with E-state index in [4.69, 9.17) is 4.98 Å². The number of aryl methyl sites for hydroxylation is 3. The molecule has 140 valence electrons. The van der Waals surface area contributed by atoms with Crippen LogP contribution in [0.1, 0.15) is 35.0 Å². The van der Waals surface area contributed by atoms with E-state index in [9.17, 15) is 0 Å². The Kier molecular flexibility index (Phi) is 4.74. The normalized spacial score (nSPS) is 11.8. The molecule has 0 aliphatic carbocycles. The minimum Gasteiger partial charge on any atom is -0.339 e. The van der Waals surface area contributed by atoms with Gasteiger partial charge in [-0.3, -0.25) is 4.40 Å². The number of benzene rings is 2. The maximum absolute atomic E-state index is 4.96. The van der Waals surface area contributed by atoms with Gasteiger partial charge in [0.1, 0.15) is 17.2 Å². The standard InChI is InChI=1S/C25H25N3/c1-17-10-8-11-18(2)23(17)27-25-24(19(3)16-21-13-6-5-7-14-21)26-22-15-9-12-20(4)28(22)25/h5-16,27H,1-4H3/b19-16+. The van der Waals surface area contributed by atoms with Crippen LogP contribution in [0.3, 0.4) is 0 Å². The van der Waals surface area contributed by atoms with Gasteiger partial charge in [0.15, 0.2) is 0 Å². The molecular weight excluding hydrogens is 342 g/mol. The Balaban J connectivity index is 1.91. The third kappa shape index (κ3) is 3.31. The summed E-state index contributed by atoms with van der Waals surface area (Å²) in [6.45, 7) is 8.51. The van der Waals surface area contributed by atoms with Crippen LogP contribution in [0.2, 0.25) is 0 Å². The van der Waals surface area contributed by atoms with E-state index < -0.39 is 0 Å². The molecule has 0 saturated heterocycles. The van der Waals surface area contributed by atoms with E-state index in [1.807, 2.05) is 6.07 Å². The summed E-state index contributed by atoms with van der Waals surface area (Å²) in [5.41, 5.74) is 8.96. The van der Waals surface area contributed by atoms with Crippen molar-refractivity contribution in [3.63, 3.8) is 0 Å². The molecule has 2 heterocycles. The summed E-state index contributed by atoms with van der Waals surface area (Å²) in [6.07, 6.45) is 2.19. The Morgan fingerprint density at radius 1 is 0.857 bits per heavy atom. The minimum absolute atomic E-state index is 0.949. The SMILES string of the molecule is C/C(=C\c1ccccc1)c1nc2cccc(C)n2c1Nc1c(C)cccc1C. The number of fused-ring (bicyclic) bond motifs is 1. The molecule has 0 bridgehead atoms. The third-order valence-electron chi connectivity index (χ3n) is 5.12. The van der Waals surface area contributed by atoms with Crippen molar-refractivity contribution in [1.82, 2.24) is 9.38 Å². The molecular formula is C25H25N3. The summed E-state index contributed by atoms with van der Waals surface area (Å²) < 4.78 is 2.20. The van der Waals surface area contributed by atoms with Crippen LogP contribution in [0.15, 0.2) is 66.7 Å². The molecule has 3 heteroatoms. The van der Waals surface area contributed by atoms with Crippen molar-refractivity contribution in [2.24, 2.45) is 0 Å². The molecule has 0 aliphatic rings. The summed E-state index contributed by atoms with van der Waals surface area (Å²) in [7, 11) is 0. The first-order valence-electron chi connectivity index (χ1n) is 9.59. The monoisotopic (exact) mass is 367 g/mol. The number of imidazole rings is 1. The van der Waals surface area contributed by atoms with Gasteiger partial charge >= 0.3 is 0 Å². The van der Waals surface area contributed by atoms with E-state index in [-0.39, 0.29) is 0 Å². The van der Waals surface area contributed by atoms with Gasteiger partial charge in [-0.2, -0.15) is 0 Å².